The van der Waals surface area contributed by atoms with E-state index in [9.17, 15) is 32.2 Å². The third-order valence-electron chi connectivity index (χ3n) is 4.72. The lowest BCUT2D eigenvalue weighted by Gasteiger charge is -2.15. The molecule has 0 aliphatic heterocycles. The zero-order chi connectivity index (χ0) is 26.6. The molecule has 0 saturated heterocycles. The molecule has 2 N–H and O–H groups in total. The van der Waals surface area contributed by atoms with Crippen molar-refractivity contribution < 1.29 is 27.0 Å². The Bertz CT molecular complexity index is 1400. The van der Waals surface area contributed by atoms with Crippen LogP contribution in [-0.4, -0.2) is 36.5 Å². The average Bonchev–Trinajstić information content (AvgIpc) is 3.26. The number of nitriles is 1. The quantitative estimate of drug-likeness (QED) is 0.464. The Balaban J connectivity index is 2.09. The van der Waals surface area contributed by atoms with Gasteiger partial charge in [0.2, 0.25) is 0 Å². The summed E-state index contributed by atoms with van der Waals surface area (Å²) in [6, 6.07) is 7.77. The molecule has 0 aliphatic carbocycles. The fraction of sp³-hybridized carbons (Fsp3) is 0.227. The number of hydrogen-bond acceptors (Lipinski definition) is 6. The number of benzene rings is 1. The van der Waals surface area contributed by atoms with Crippen LogP contribution in [0.25, 0.3) is 5.82 Å². The van der Waals surface area contributed by atoms with E-state index in [1.54, 1.807) is 6.92 Å². The van der Waals surface area contributed by atoms with Crippen LogP contribution in [-0.2, 0) is 17.2 Å². The van der Waals surface area contributed by atoms with Crippen LogP contribution in [0.3, 0.4) is 0 Å². The molecule has 3 rings (SSSR count). The van der Waals surface area contributed by atoms with Crippen LogP contribution in [0.1, 0.15) is 51.0 Å². The number of nitrogens with one attached hydrogen (secondary N) is 2. The molecule has 14 heteroatoms. The van der Waals surface area contributed by atoms with Crippen LogP contribution in [0.15, 0.2) is 36.5 Å². The summed E-state index contributed by atoms with van der Waals surface area (Å²) < 4.78 is 55.2. The lowest BCUT2D eigenvalue weighted by atomic mass is 10.0. The highest BCUT2D eigenvalue weighted by molar-refractivity contribution is 7.83. The maximum absolute atomic E-state index is 13.4. The lowest BCUT2D eigenvalue weighted by Crippen LogP contribution is -2.29. The maximum Gasteiger partial charge on any atom is 0.435 e. The van der Waals surface area contributed by atoms with Gasteiger partial charge in [-0.1, -0.05) is 18.5 Å². The number of carbonyl (C=O) groups is 2. The molecular weight excluding hydrogens is 521 g/mol. The molecule has 2 amide bonds. The molecule has 2 heterocycles. The summed E-state index contributed by atoms with van der Waals surface area (Å²) in [5.74, 6) is -1.94. The zero-order valence-corrected chi connectivity index (χ0v) is 20.4. The normalized spacial score (nSPS) is 12.0. The molecule has 0 bridgehead atoms. The minimum Gasteiger partial charge on any atom is -0.320 e. The van der Waals surface area contributed by atoms with Gasteiger partial charge in [-0.25, -0.2) is 13.9 Å². The second-order valence-electron chi connectivity index (χ2n) is 7.40. The van der Waals surface area contributed by atoms with Crippen molar-refractivity contribution >= 4 is 40.1 Å². The Labute approximate surface area is 210 Å². The van der Waals surface area contributed by atoms with Crippen molar-refractivity contribution in [2.75, 3.05) is 11.1 Å². The van der Waals surface area contributed by atoms with E-state index in [1.807, 2.05) is 6.07 Å². The molecule has 0 aliphatic rings. The number of alkyl halides is 3. The van der Waals surface area contributed by atoms with Gasteiger partial charge in [0.05, 0.1) is 27.9 Å². The molecule has 188 valence electrons. The number of hydrogen-bond donors (Lipinski definition) is 2. The van der Waals surface area contributed by atoms with Crippen molar-refractivity contribution in [1.82, 2.24) is 19.5 Å². The number of aromatic nitrogens is 3. The minimum absolute atomic E-state index is 0.0589. The first-order valence-corrected chi connectivity index (χ1v) is 12.0. The van der Waals surface area contributed by atoms with E-state index < -0.39 is 40.4 Å². The van der Waals surface area contributed by atoms with Crippen molar-refractivity contribution in [3.63, 3.8) is 0 Å². The van der Waals surface area contributed by atoms with Crippen molar-refractivity contribution in [3.05, 3.63) is 69.6 Å². The predicted molar refractivity (Wildman–Crippen MR) is 126 cm³/mol. The van der Waals surface area contributed by atoms with Crippen LogP contribution in [0.2, 0.25) is 5.02 Å². The van der Waals surface area contributed by atoms with Crippen LogP contribution < -0.4 is 10.0 Å². The lowest BCUT2D eigenvalue weighted by molar-refractivity contribution is -0.141. The second kappa shape index (κ2) is 10.9. The van der Waals surface area contributed by atoms with Crippen molar-refractivity contribution in [1.29, 1.82) is 5.26 Å². The predicted octanol–water partition coefficient (Wildman–Crippen LogP) is 4.18. The molecule has 3 aromatic rings. The minimum atomic E-state index is -4.87. The molecule has 1 unspecified atom stereocenters. The van der Waals surface area contributed by atoms with E-state index in [-0.39, 0.29) is 39.0 Å². The highest BCUT2D eigenvalue weighted by Gasteiger charge is 2.37. The van der Waals surface area contributed by atoms with Crippen LogP contribution in [0.5, 0.6) is 0 Å². The number of nitrogens with zero attached hydrogens (tertiary/aromatic N) is 4. The summed E-state index contributed by atoms with van der Waals surface area (Å²) in [5, 5.41) is 15.1. The third-order valence-corrected chi connectivity index (χ3v) is 6.20. The summed E-state index contributed by atoms with van der Waals surface area (Å²) in [5.41, 5.74) is -1.85. The van der Waals surface area contributed by atoms with Gasteiger partial charge in [-0.15, -0.1) is 0 Å². The van der Waals surface area contributed by atoms with Gasteiger partial charge in [0, 0.05) is 18.0 Å². The first kappa shape index (κ1) is 26.8. The first-order chi connectivity index (χ1) is 17.0. The van der Waals surface area contributed by atoms with Crippen LogP contribution in [0, 0.1) is 18.3 Å². The molecule has 2 aromatic heterocycles. The number of halogens is 4. The number of amides is 2. The van der Waals surface area contributed by atoms with Gasteiger partial charge in [0.25, 0.3) is 11.8 Å². The van der Waals surface area contributed by atoms with E-state index in [1.165, 1.54) is 37.4 Å². The Morgan fingerprint density at radius 2 is 1.97 bits per heavy atom. The standard InChI is InChI=1S/C22H18ClF3N6O3S/c1-3-7-36(35)31-20(33)14-9-13(11-27)8-12(2)18(14)29-21(34)16-10-17(22(24,25)26)30-32(16)19-15(23)5-4-6-28-19/h4-6,8-10H,3,7H2,1-2H3,(H,29,34)(H,31,33). The number of pyridine rings is 1. The number of rotatable bonds is 7. The molecular formula is C22H18ClF3N6O3S. The Hall–Kier alpha value is -3.76. The summed E-state index contributed by atoms with van der Waals surface area (Å²) >= 11 is 6.07. The van der Waals surface area contributed by atoms with Crippen molar-refractivity contribution in [2.45, 2.75) is 26.4 Å². The Morgan fingerprint density at radius 1 is 1.25 bits per heavy atom. The Kier molecular flexibility index (Phi) is 8.11. The second-order valence-corrected chi connectivity index (χ2v) is 9.11. The van der Waals surface area contributed by atoms with Gasteiger partial charge in [-0.2, -0.15) is 23.5 Å². The van der Waals surface area contributed by atoms with Crippen LogP contribution >= 0.6 is 11.6 Å². The monoisotopic (exact) mass is 538 g/mol. The van der Waals surface area contributed by atoms with Gasteiger partial charge in [-0.05, 0) is 43.2 Å². The first-order valence-electron chi connectivity index (χ1n) is 10.3. The van der Waals surface area contributed by atoms with E-state index >= 15 is 0 Å². The molecule has 9 nitrogen and oxygen atoms in total. The van der Waals surface area contributed by atoms with Gasteiger partial charge in [0.1, 0.15) is 16.7 Å². The molecule has 1 atom stereocenters. The van der Waals surface area contributed by atoms with Gasteiger partial charge < -0.3 is 5.32 Å². The summed E-state index contributed by atoms with van der Waals surface area (Å²) in [7, 11) is -1.72. The summed E-state index contributed by atoms with van der Waals surface area (Å²) in [6.07, 6.45) is -3.09. The maximum atomic E-state index is 13.4. The highest BCUT2D eigenvalue weighted by atomic mass is 35.5. The smallest absolute Gasteiger partial charge is 0.320 e. The third kappa shape index (κ3) is 5.89. The van der Waals surface area contributed by atoms with Crippen molar-refractivity contribution in [3.8, 4) is 11.9 Å². The zero-order valence-electron chi connectivity index (χ0n) is 18.8. The van der Waals surface area contributed by atoms with E-state index in [0.717, 1.165) is 0 Å². The molecule has 0 radical (unpaired) electrons. The van der Waals surface area contributed by atoms with E-state index in [4.69, 9.17) is 11.6 Å². The van der Waals surface area contributed by atoms with Gasteiger partial charge in [0.15, 0.2) is 11.5 Å². The molecule has 0 fully saturated rings. The summed E-state index contributed by atoms with van der Waals surface area (Å²) in [6.45, 7) is 3.26. The fourth-order valence-electron chi connectivity index (χ4n) is 3.15. The van der Waals surface area contributed by atoms with E-state index in [2.05, 4.69) is 20.1 Å². The average molecular weight is 539 g/mol. The molecule has 1 aromatic carbocycles. The van der Waals surface area contributed by atoms with Gasteiger partial charge in [-0.3, -0.25) is 14.3 Å². The number of carbonyl (C=O) groups excluding carboxylic acids is 2. The van der Waals surface area contributed by atoms with E-state index in [0.29, 0.717) is 17.2 Å². The number of aryl methyl sites for hydroxylation is 1. The highest BCUT2D eigenvalue weighted by Crippen LogP contribution is 2.31. The largest absolute Gasteiger partial charge is 0.435 e. The van der Waals surface area contributed by atoms with Crippen LogP contribution in [0.4, 0.5) is 18.9 Å². The van der Waals surface area contributed by atoms with Gasteiger partial charge >= 0.3 is 6.18 Å². The Morgan fingerprint density at radius 3 is 2.58 bits per heavy atom. The van der Waals surface area contributed by atoms with Crippen molar-refractivity contribution in [2.24, 2.45) is 0 Å². The number of anilines is 1. The topological polar surface area (TPSA) is 130 Å². The SMILES string of the molecule is CCCS(=O)NC(=O)c1cc(C#N)cc(C)c1NC(=O)c1cc(C(F)(F)F)nn1-c1ncccc1Cl. The summed E-state index contributed by atoms with van der Waals surface area (Å²) in [4.78, 5) is 29.9. The molecule has 36 heavy (non-hydrogen) atoms. The fourth-order valence-corrected chi connectivity index (χ4v) is 4.14. The molecule has 0 spiro atoms. The molecule has 0 saturated carbocycles.